The van der Waals surface area contributed by atoms with Crippen LogP contribution in [-0.2, 0) is 4.79 Å². The molecule has 0 fully saturated rings. The highest BCUT2D eigenvalue weighted by Crippen LogP contribution is 2.24. The smallest absolute Gasteiger partial charge is 0.323 e. The van der Waals surface area contributed by atoms with Crippen LogP contribution in [-0.4, -0.2) is 47.2 Å². The minimum Gasteiger partial charge on any atom is -0.507 e. The van der Waals surface area contributed by atoms with Crippen molar-refractivity contribution in [3.8, 4) is 23.8 Å². The summed E-state index contributed by atoms with van der Waals surface area (Å²) in [6.45, 7) is -0.707. The zero-order chi connectivity index (χ0) is 14.4. The number of carbonyl (C=O) groups is 2. The monoisotopic (exact) mass is 263 g/mol. The van der Waals surface area contributed by atoms with Gasteiger partial charge in [0, 0.05) is 0 Å². The molecule has 19 heavy (non-hydrogen) atoms. The molecule has 0 aromatic heterocycles. The average molecular weight is 263 g/mol. The second-order valence-corrected chi connectivity index (χ2v) is 3.64. The van der Waals surface area contributed by atoms with E-state index in [1.54, 1.807) is 0 Å². The van der Waals surface area contributed by atoms with E-state index < -0.39 is 18.4 Å². The Morgan fingerprint density at radius 2 is 2.16 bits per heavy atom. The summed E-state index contributed by atoms with van der Waals surface area (Å²) in [5.41, 5.74) is -0.0594. The van der Waals surface area contributed by atoms with Crippen molar-refractivity contribution in [1.29, 1.82) is 0 Å². The molecule has 0 unspecified atom stereocenters. The number of ether oxygens (including phenoxy) is 1. The number of nitrogens with zero attached hydrogens (tertiary/aromatic N) is 1. The van der Waals surface area contributed by atoms with Crippen LogP contribution in [0.25, 0.3) is 0 Å². The van der Waals surface area contributed by atoms with Gasteiger partial charge in [-0.1, -0.05) is 5.92 Å². The number of carboxylic acid groups (broad SMARTS) is 1. The fraction of sp³-hybridized carbons (Fsp3) is 0.231. The van der Waals surface area contributed by atoms with Gasteiger partial charge in [-0.25, -0.2) is 0 Å². The fourth-order valence-corrected chi connectivity index (χ4v) is 1.46. The molecule has 1 aromatic carbocycles. The molecule has 2 N–H and O–H groups in total. The second-order valence-electron chi connectivity index (χ2n) is 3.64. The molecule has 0 bridgehead atoms. The Bertz CT molecular complexity index is 532. The lowest BCUT2D eigenvalue weighted by Crippen LogP contribution is -2.36. The molecule has 0 spiro atoms. The van der Waals surface area contributed by atoms with Gasteiger partial charge >= 0.3 is 5.97 Å². The molecule has 0 radical (unpaired) electrons. The molecule has 6 heteroatoms. The van der Waals surface area contributed by atoms with Gasteiger partial charge < -0.3 is 19.8 Å². The number of methoxy groups -OCH3 is 1. The summed E-state index contributed by atoms with van der Waals surface area (Å²) in [6.07, 6.45) is 5.09. The topological polar surface area (TPSA) is 87.1 Å². The standard InChI is InChI=1S/C13H13NO5/c1-3-6-14(8-12(16)17)13(18)10-7-9(19-2)4-5-11(10)15/h1,4-5,7,15H,6,8H2,2H3,(H,16,17). The van der Waals surface area contributed by atoms with Crippen LogP contribution in [0.1, 0.15) is 10.4 Å². The Hall–Kier alpha value is -2.68. The van der Waals surface area contributed by atoms with Gasteiger partial charge in [-0.15, -0.1) is 6.42 Å². The molecule has 0 aliphatic heterocycles. The third-order valence-electron chi connectivity index (χ3n) is 2.33. The van der Waals surface area contributed by atoms with E-state index in [-0.39, 0.29) is 17.9 Å². The predicted molar refractivity (Wildman–Crippen MR) is 67.0 cm³/mol. The van der Waals surface area contributed by atoms with Crippen molar-refractivity contribution < 1.29 is 24.5 Å². The third kappa shape index (κ3) is 3.64. The lowest BCUT2D eigenvalue weighted by molar-refractivity contribution is -0.137. The molecule has 0 aliphatic rings. The van der Waals surface area contributed by atoms with Gasteiger partial charge in [0.2, 0.25) is 0 Å². The molecule has 0 atom stereocenters. The van der Waals surface area contributed by atoms with E-state index in [2.05, 4.69) is 5.92 Å². The molecule has 0 aliphatic carbocycles. The SMILES string of the molecule is C#CCN(CC(=O)O)C(=O)c1cc(OC)ccc1O. The first kappa shape index (κ1) is 14.4. The maximum absolute atomic E-state index is 12.1. The summed E-state index contributed by atoms with van der Waals surface area (Å²) in [6, 6.07) is 4.10. The zero-order valence-electron chi connectivity index (χ0n) is 10.3. The normalized spacial score (nSPS) is 9.47. The number of benzene rings is 1. The minimum absolute atomic E-state index is 0.0594. The van der Waals surface area contributed by atoms with Gasteiger partial charge in [0.05, 0.1) is 19.2 Å². The molecule has 0 saturated carbocycles. The molecule has 0 heterocycles. The van der Waals surface area contributed by atoms with Crippen LogP contribution >= 0.6 is 0 Å². The number of rotatable bonds is 5. The fourth-order valence-electron chi connectivity index (χ4n) is 1.46. The van der Waals surface area contributed by atoms with Crippen molar-refractivity contribution in [2.45, 2.75) is 0 Å². The molecule has 6 nitrogen and oxygen atoms in total. The van der Waals surface area contributed by atoms with Gasteiger partial charge in [0.15, 0.2) is 0 Å². The summed E-state index contributed by atoms with van der Waals surface area (Å²) < 4.78 is 4.94. The van der Waals surface area contributed by atoms with Crippen LogP contribution in [0.15, 0.2) is 18.2 Å². The third-order valence-corrected chi connectivity index (χ3v) is 2.33. The second kappa shape index (κ2) is 6.31. The minimum atomic E-state index is -1.19. The lowest BCUT2D eigenvalue weighted by atomic mass is 10.1. The van der Waals surface area contributed by atoms with E-state index in [0.717, 1.165) is 4.90 Å². The van der Waals surface area contributed by atoms with Crippen molar-refractivity contribution in [3.05, 3.63) is 23.8 Å². The van der Waals surface area contributed by atoms with E-state index in [1.165, 1.54) is 25.3 Å². The zero-order valence-corrected chi connectivity index (χ0v) is 10.3. The summed E-state index contributed by atoms with van der Waals surface area (Å²) in [4.78, 5) is 23.7. The first-order chi connectivity index (χ1) is 8.99. The highest BCUT2D eigenvalue weighted by Gasteiger charge is 2.21. The molecular formula is C13H13NO5. The predicted octanol–water partition coefficient (Wildman–Crippen LogP) is 0.561. The van der Waals surface area contributed by atoms with E-state index in [9.17, 15) is 14.7 Å². The number of carbonyl (C=O) groups excluding carboxylic acids is 1. The van der Waals surface area contributed by atoms with Gasteiger partial charge in [-0.05, 0) is 18.2 Å². The molecular weight excluding hydrogens is 250 g/mol. The number of aromatic hydroxyl groups is 1. The molecule has 100 valence electrons. The Morgan fingerprint density at radius 3 is 2.68 bits per heavy atom. The summed E-state index contributed by atoms with van der Waals surface area (Å²) in [7, 11) is 1.41. The molecule has 1 aromatic rings. The number of phenols is 1. The maximum atomic E-state index is 12.1. The summed E-state index contributed by atoms with van der Waals surface area (Å²) in [5.74, 6) is 0.449. The molecule has 1 rings (SSSR count). The Balaban J connectivity index is 3.08. The Labute approximate surface area is 110 Å². The van der Waals surface area contributed by atoms with Crippen LogP contribution < -0.4 is 4.74 Å². The van der Waals surface area contributed by atoms with E-state index in [4.69, 9.17) is 16.3 Å². The van der Waals surface area contributed by atoms with Gasteiger partial charge in [0.1, 0.15) is 18.0 Å². The van der Waals surface area contributed by atoms with Crippen LogP contribution in [0.3, 0.4) is 0 Å². The number of terminal acetylenes is 1. The van der Waals surface area contributed by atoms with Crippen molar-refractivity contribution in [3.63, 3.8) is 0 Å². The van der Waals surface area contributed by atoms with Crippen LogP contribution in [0, 0.1) is 12.3 Å². The highest BCUT2D eigenvalue weighted by atomic mass is 16.5. The van der Waals surface area contributed by atoms with Crippen LogP contribution in [0.2, 0.25) is 0 Å². The van der Waals surface area contributed by atoms with Crippen LogP contribution in [0.4, 0.5) is 0 Å². The van der Waals surface area contributed by atoms with Gasteiger partial charge in [-0.2, -0.15) is 0 Å². The lowest BCUT2D eigenvalue weighted by Gasteiger charge is -2.18. The Kier molecular flexibility index (Phi) is 4.77. The van der Waals surface area contributed by atoms with Crippen molar-refractivity contribution in [2.75, 3.05) is 20.2 Å². The van der Waals surface area contributed by atoms with Crippen molar-refractivity contribution >= 4 is 11.9 Å². The first-order valence-electron chi connectivity index (χ1n) is 5.31. The number of amides is 1. The number of phenolic OH excluding ortho intramolecular Hbond substituents is 1. The van der Waals surface area contributed by atoms with Crippen molar-refractivity contribution in [1.82, 2.24) is 4.90 Å². The molecule has 1 amide bonds. The van der Waals surface area contributed by atoms with Gasteiger partial charge in [-0.3, -0.25) is 9.59 Å². The average Bonchev–Trinajstić information content (AvgIpc) is 2.37. The highest BCUT2D eigenvalue weighted by molar-refractivity contribution is 5.98. The number of hydrogen-bond donors (Lipinski definition) is 2. The van der Waals surface area contributed by atoms with Crippen LogP contribution in [0.5, 0.6) is 11.5 Å². The summed E-state index contributed by atoms with van der Waals surface area (Å²) in [5, 5.41) is 18.4. The maximum Gasteiger partial charge on any atom is 0.323 e. The summed E-state index contributed by atoms with van der Waals surface area (Å²) >= 11 is 0. The largest absolute Gasteiger partial charge is 0.507 e. The van der Waals surface area contributed by atoms with Gasteiger partial charge in [0.25, 0.3) is 5.91 Å². The molecule has 0 saturated heterocycles. The van der Waals surface area contributed by atoms with E-state index in [0.29, 0.717) is 5.75 Å². The van der Waals surface area contributed by atoms with E-state index in [1.807, 2.05) is 0 Å². The van der Waals surface area contributed by atoms with Crippen molar-refractivity contribution in [2.24, 2.45) is 0 Å². The number of carboxylic acids is 1. The number of hydrogen-bond acceptors (Lipinski definition) is 4. The Morgan fingerprint density at radius 1 is 1.47 bits per heavy atom. The quantitative estimate of drug-likeness (QED) is 0.758. The first-order valence-corrected chi connectivity index (χ1v) is 5.31. The van der Waals surface area contributed by atoms with E-state index >= 15 is 0 Å². The number of aliphatic carboxylic acids is 1.